The molecule has 3 heterocycles. The van der Waals surface area contributed by atoms with E-state index in [-0.39, 0.29) is 5.82 Å². The Bertz CT molecular complexity index is 851. The van der Waals surface area contributed by atoms with Crippen LogP contribution in [0.2, 0.25) is 0 Å². The van der Waals surface area contributed by atoms with Gasteiger partial charge in [0.25, 0.3) is 5.91 Å². The van der Waals surface area contributed by atoms with Gasteiger partial charge in [0.2, 0.25) is 5.82 Å². The van der Waals surface area contributed by atoms with Gasteiger partial charge in [0.1, 0.15) is 5.82 Å². The minimum atomic E-state index is -0.585. The monoisotopic (exact) mass is 380 g/mol. The van der Waals surface area contributed by atoms with Crippen LogP contribution in [-0.2, 0) is 0 Å². The summed E-state index contributed by atoms with van der Waals surface area (Å²) in [6.07, 6.45) is 6.74. The van der Waals surface area contributed by atoms with E-state index < -0.39 is 5.91 Å². The van der Waals surface area contributed by atoms with Crippen LogP contribution in [0.3, 0.4) is 0 Å². The van der Waals surface area contributed by atoms with Gasteiger partial charge >= 0.3 is 0 Å². The molecule has 2 atom stereocenters. The Morgan fingerprint density at radius 2 is 2.07 bits per heavy atom. The van der Waals surface area contributed by atoms with Crippen LogP contribution in [0.1, 0.15) is 59.3 Å². The molecule has 1 amide bonds. The normalized spacial score (nSPS) is 20.8. The van der Waals surface area contributed by atoms with Crippen LogP contribution >= 0.6 is 0 Å². The number of nitrogens with zero attached hydrogens (tertiary/aromatic N) is 4. The van der Waals surface area contributed by atoms with Crippen molar-refractivity contribution in [1.29, 1.82) is 0 Å². The molecule has 1 aliphatic heterocycles. The Morgan fingerprint density at radius 1 is 1.25 bits per heavy atom. The van der Waals surface area contributed by atoms with Crippen molar-refractivity contribution in [3.63, 3.8) is 0 Å². The smallest absolute Gasteiger partial charge is 0.286 e. The van der Waals surface area contributed by atoms with Gasteiger partial charge in [0, 0.05) is 36.6 Å². The first-order chi connectivity index (χ1) is 13.5. The molecule has 1 aliphatic carbocycles. The van der Waals surface area contributed by atoms with Crippen LogP contribution in [-0.4, -0.2) is 40.0 Å². The van der Waals surface area contributed by atoms with Crippen LogP contribution in [0.15, 0.2) is 24.4 Å². The number of amides is 1. The fraction of sp³-hybridized carbons (Fsp3) is 0.524. The summed E-state index contributed by atoms with van der Waals surface area (Å²) in [5.41, 5.74) is 8.35. The maximum absolute atomic E-state index is 11.6. The Morgan fingerprint density at radius 3 is 2.71 bits per heavy atom. The third kappa shape index (κ3) is 3.71. The van der Waals surface area contributed by atoms with Crippen molar-refractivity contribution in [3.8, 4) is 0 Å². The number of pyridine rings is 1. The molecule has 0 aromatic carbocycles. The average molecular weight is 380 g/mol. The molecule has 2 aliphatic rings. The second kappa shape index (κ2) is 7.83. The molecule has 4 rings (SSSR count). The summed E-state index contributed by atoms with van der Waals surface area (Å²) in [4.78, 5) is 27.1. The van der Waals surface area contributed by atoms with E-state index in [0.29, 0.717) is 18.0 Å². The van der Waals surface area contributed by atoms with Crippen molar-refractivity contribution < 1.29 is 4.79 Å². The Hall–Kier alpha value is -2.54. The van der Waals surface area contributed by atoms with Gasteiger partial charge in [-0.1, -0.05) is 12.5 Å². The summed E-state index contributed by atoms with van der Waals surface area (Å²) in [5, 5.41) is 3.87. The van der Waals surface area contributed by atoms with Crippen LogP contribution in [0.5, 0.6) is 0 Å². The number of nitrogens with one attached hydrogen (secondary N) is 1. The van der Waals surface area contributed by atoms with E-state index in [4.69, 9.17) is 5.73 Å². The quantitative estimate of drug-likeness (QED) is 0.798. The van der Waals surface area contributed by atoms with E-state index in [1.807, 2.05) is 26.1 Å². The summed E-state index contributed by atoms with van der Waals surface area (Å²) in [6.45, 7) is 5.64. The SMILES string of the molecule is Cc1nc(C(N)=O)nc(N2CC[C@@H](NC(c3ccccn3)C3CCC3)C2)c1C. The molecule has 2 aromatic rings. The lowest BCUT2D eigenvalue weighted by Gasteiger charge is -2.36. The van der Waals surface area contributed by atoms with Gasteiger partial charge < -0.3 is 16.0 Å². The molecule has 0 spiro atoms. The summed E-state index contributed by atoms with van der Waals surface area (Å²) in [5.74, 6) is 0.992. The first kappa shape index (κ1) is 18.8. The fourth-order valence-electron chi connectivity index (χ4n) is 4.17. The van der Waals surface area contributed by atoms with Crippen LogP contribution in [0.25, 0.3) is 0 Å². The van der Waals surface area contributed by atoms with Crippen molar-refractivity contribution in [2.75, 3.05) is 18.0 Å². The maximum Gasteiger partial charge on any atom is 0.286 e. The molecular formula is C21H28N6O. The topological polar surface area (TPSA) is 97.0 Å². The molecule has 1 unspecified atom stereocenters. The van der Waals surface area contributed by atoms with Crippen molar-refractivity contribution in [2.45, 2.75) is 51.6 Å². The Labute approximate surface area is 165 Å². The minimum absolute atomic E-state index is 0.0929. The highest BCUT2D eigenvalue weighted by molar-refractivity contribution is 5.89. The molecule has 3 N–H and O–H groups in total. The first-order valence-electron chi connectivity index (χ1n) is 10.1. The number of anilines is 1. The maximum atomic E-state index is 11.6. The lowest BCUT2D eigenvalue weighted by molar-refractivity contribution is 0.0990. The summed E-state index contributed by atoms with van der Waals surface area (Å²) in [6, 6.07) is 6.82. The zero-order valence-corrected chi connectivity index (χ0v) is 16.6. The number of carbonyl (C=O) groups is 1. The number of aromatic nitrogens is 3. The van der Waals surface area contributed by atoms with Gasteiger partial charge in [0.05, 0.1) is 11.7 Å². The standard InChI is InChI=1S/C21H28N6O/c1-13-14(2)24-20(19(22)28)26-21(13)27-11-9-16(12-27)25-18(15-6-5-7-15)17-8-3-4-10-23-17/h3-4,8,10,15-16,18,25H,5-7,9,11-12H2,1-2H3,(H2,22,28)/t16-,18?/m1/s1. The molecule has 2 fully saturated rings. The molecule has 28 heavy (non-hydrogen) atoms. The summed E-state index contributed by atoms with van der Waals surface area (Å²) in [7, 11) is 0. The molecule has 1 saturated heterocycles. The highest BCUT2D eigenvalue weighted by Crippen LogP contribution is 2.38. The van der Waals surface area contributed by atoms with E-state index in [2.05, 4.69) is 37.3 Å². The number of carbonyl (C=O) groups excluding carboxylic acids is 1. The fourth-order valence-corrected chi connectivity index (χ4v) is 4.17. The molecule has 7 nitrogen and oxygen atoms in total. The van der Waals surface area contributed by atoms with E-state index in [1.165, 1.54) is 19.3 Å². The average Bonchev–Trinajstić information content (AvgIpc) is 3.11. The van der Waals surface area contributed by atoms with E-state index in [1.54, 1.807) is 0 Å². The van der Waals surface area contributed by atoms with E-state index >= 15 is 0 Å². The highest BCUT2D eigenvalue weighted by atomic mass is 16.1. The van der Waals surface area contributed by atoms with Gasteiger partial charge in [-0.3, -0.25) is 9.78 Å². The minimum Gasteiger partial charge on any atom is -0.363 e. The molecule has 1 saturated carbocycles. The van der Waals surface area contributed by atoms with Gasteiger partial charge in [0.15, 0.2) is 0 Å². The van der Waals surface area contributed by atoms with Gasteiger partial charge in [-0.05, 0) is 51.2 Å². The van der Waals surface area contributed by atoms with Crippen molar-refractivity contribution >= 4 is 11.7 Å². The number of rotatable bonds is 6. The van der Waals surface area contributed by atoms with Gasteiger partial charge in [-0.25, -0.2) is 9.97 Å². The molecule has 148 valence electrons. The highest BCUT2D eigenvalue weighted by Gasteiger charge is 2.34. The zero-order valence-electron chi connectivity index (χ0n) is 16.6. The lowest BCUT2D eigenvalue weighted by atomic mass is 9.78. The van der Waals surface area contributed by atoms with Crippen molar-refractivity contribution in [1.82, 2.24) is 20.3 Å². The number of primary amides is 1. The third-order valence-electron chi connectivity index (χ3n) is 6.11. The largest absolute Gasteiger partial charge is 0.363 e. The number of hydrogen-bond acceptors (Lipinski definition) is 6. The van der Waals surface area contributed by atoms with Gasteiger partial charge in [-0.2, -0.15) is 0 Å². The first-order valence-corrected chi connectivity index (χ1v) is 10.1. The summed E-state index contributed by atoms with van der Waals surface area (Å²) >= 11 is 0. The summed E-state index contributed by atoms with van der Waals surface area (Å²) < 4.78 is 0. The van der Waals surface area contributed by atoms with Crippen molar-refractivity contribution in [3.05, 3.63) is 47.2 Å². The molecule has 0 radical (unpaired) electrons. The third-order valence-corrected chi connectivity index (χ3v) is 6.11. The number of hydrogen-bond donors (Lipinski definition) is 2. The van der Waals surface area contributed by atoms with E-state index in [0.717, 1.165) is 42.3 Å². The second-order valence-corrected chi connectivity index (χ2v) is 7.97. The molecular weight excluding hydrogens is 352 g/mol. The second-order valence-electron chi connectivity index (χ2n) is 7.97. The molecule has 0 bridgehead atoms. The predicted molar refractivity (Wildman–Crippen MR) is 108 cm³/mol. The van der Waals surface area contributed by atoms with Crippen molar-refractivity contribution in [2.24, 2.45) is 11.7 Å². The zero-order chi connectivity index (χ0) is 19.7. The lowest BCUT2D eigenvalue weighted by Crippen LogP contribution is -2.41. The number of aryl methyl sites for hydroxylation is 1. The molecule has 7 heteroatoms. The van der Waals surface area contributed by atoms with Crippen LogP contribution in [0.4, 0.5) is 5.82 Å². The Balaban J connectivity index is 1.50. The number of nitrogens with two attached hydrogens (primary N) is 1. The van der Waals surface area contributed by atoms with Crippen LogP contribution in [0, 0.1) is 19.8 Å². The van der Waals surface area contributed by atoms with Gasteiger partial charge in [-0.15, -0.1) is 0 Å². The Kier molecular flexibility index (Phi) is 5.26. The predicted octanol–water partition coefficient (Wildman–Crippen LogP) is 2.30. The van der Waals surface area contributed by atoms with E-state index in [9.17, 15) is 4.79 Å². The van der Waals surface area contributed by atoms with Crippen LogP contribution < -0.4 is 16.0 Å². The molecule has 2 aromatic heterocycles.